The fourth-order valence-electron chi connectivity index (χ4n) is 2.80. The summed E-state index contributed by atoms with van der Waals surface area (Å²) >= 11 is 0. The summed E-state index contributed by atoms with van der Waals surface area (Å²) in [5.41, 5.74) is 0.733. The number of halogens is 2. The molecule has 0 amide bonds. The number of pyridine rings is 1. The predicted molar refractivity (Wildman–Crippen MR) is 71.1 cm³/mol. The average molecular weight is 273 g/mol. The van der Waals surface area contributed by atoms with E-state index in [4.69, 9.17) is 4.74 Å². The van der Waals surface area contributed by atoms with Gasteiger partial charge in [-0.15, -0.1) is 0 Å². The molecule has 2 heterocycles. The molecule has 0 bridgehead atoms. The summed E-state index contributed by atoms with van der Waals surface area (Å²) < 4.78 is 34.3. The number of ether oxygens (including phenoxy) is 1. The number of aromatic nitrogens is 1. The summed E-state index contributed by atoms with van der Waals surface area (Å²) in [6.07, 6.45) is 0. The van der Waals surface area contributed by atoms with Crippen LogP contribution in [-0.4, -0.2) is 11.2 Å². The van der Waals surface area contributed by atoms with Gasteiger partial charge in [0.05, 0.1) is 23.0 Å². The van der Waals surface area contributed by atoms with Crippen molar-refractivity contribution in [1.29, 1.82) is 0 Å². The number of benzene rings is 2. The zero-order chi connectivity index (χ0) is 13.9. The summed E-state index contributed by atoms with van der Waals surface area (Å²) in [6.45, 7) is 0.857. The smallest absolute Gasteiger partial charge is 0.197 e. The molecule has 1 aliphatic rings. The van der Waals surface area contributed by atoms with Crippen LogP contribution >= 0.6 is 0 Å². The van der Waals surface area contributed by atoms with Gasteiger partial charge >= 0.3 is 0 Å². The standard InChI is InChI=1S/C15H9F2NO2/c16-8-1-2-10-12(6-8)18-3-4-20-13-7-9(17)5-11(14(13)18)15(10)19/h1-2,5-7H,3-4H2. The van der Waals surface area contributed by atoms with E-state index < -0.39 is 11.6 Å². The highest BCUT2D eigenvalue weighted by atomic mass is 19.1. The van der Waals surface area contributed by atoms with Crippen LogP contribution in [0.1, 0.15) is 0 Å². The lowest BCUT2D eigenvalue weighted by atomic mass is 10.1. The Morgan fingerprint density at radius 2 is 1.90 bits per heavy atom. The molecule has 0 atom stereocenters. The van der Waals surface area contributed by atoms with Crippen LogP contribution in [0.3, 0.4) is 0 Å². The van der Waals surface area contributed by atoms with Crippen LogP contribution in [0.5, 0.6) is 5.75 Å². The monoisotopic (exact) mass is 273 g/mol. The number of hydrogen-bond acceptors (Lipinski definition) is 2. The Labute approximate surface area is 112 Å². The lowest BCUT2D eigenvalue weighted by molar-refractivity contribution is 0.287. The van der Waals surface area contributed by atoms with E-state index in [1.54, 1.807) is 0 Å². The first-order valence-corrected chi connectivity index (χ1v) is 6.23. The first-order chi connectivity index (χ1) is 9.65. The summed E-state index contributed by atoms with van der Waals surface area (Å²) in [6, 6.07) is 6.46. The second kappa shape index (κ2) is 3.79. The maximum absolute atomic E-state index is 13.6. The molecular weight excluding hydrogens is 264 g/mol. The van der Waals surface area contributed by atoms with Gasteiger partial charge in [0.1, 0.15) is 24.0 Å². The van der Waals surface area contributed by atoms with E-state index >= 15 is 0 Å². The molecule has 3 aromatic rings. The van der Waals surface area contributed by atoms with E-state index in [1.165, 1.54) is 30.3 Å². The third-order valence-electron chi connectivity index (χ3n) is 3.62. The van der Waals surface area contributed by atoms with Gasteiger partial charge in [-0.2, -0.15) is 0 Å². The molecule has 0 unspecified atom stereocenters. The average Bonchev–Trinajstić information content (AvgIpc) is 2.43. The molecule has 0 saturated carbocycles. The van der Waals surface area contributed by atoms with Crippen molar-refractivity contribution < 1.29 is 13.5 Å². The molecule has 4 rings (SSSR count). The second-order valence-corrected chi connectivity index (χ2v) is 4.79. The van der Waals surface area contributed by atoms with Gasteiger partial charge in [0.2, 0.25) is 0 Å². The maximum atomic E-state index is 13.6. The SMILES string of the molecule is O=c1c2ccc(F)cc2n2c3c(cc(F)cc13)OCC2. The highest BCUT2D eigenvalue weighted by Crippen LogP contribution is 2.31. The van der Waals surface area contributed by atoms with E-state index in [1.807, 2.05) is 4.57 Å². The quantitative estimate of drug-likeness (QED) is 0.590. The lowest BCUT2D eigenvalue weighted by Crippen LogP contribution is -2.20. The molecule has 0 radical (unpaired) electrons. The largest absolute Gasteiger partial charge is 0.489 e. The zero-order valence-corrected chi connectivity index (χ0v) is 10.3. The van der Waals surface area contributed by atoms with Crippen molar-refractivity contribution in [3.8, 4) is 5.75 Å². The Kier molecular flexibility index (Phi) is 2.16. The van der Waals surface area contributed by atoms with Gasteiger partial charge in [0, 0.05) is 11.5 Å². The van der Waals surface area contributed by atoms with Crippen molar-refractivity contribution in [2.24, 2.45) is 0 Å². The molecule has 20 heavy (non-hydrogen) atoms. The van der Waals surface area contributed by atoms with E-state index in [9.17, 15) is 13.6 Å². The van der Waals surface area contributed by atoms with E-state index in [2.05, 4.69) is 0 Å². The highest BCUT2D eigenvalue weighted by Gasteiger charge is 2.19. The van der Waals surface area contributed by atoms with E-state index in [0.717, 1.165) is 0 Å². The summed E-state index contributed by atoms with van der Waals surface area (Å²) in [5, 5.41) is 0.649. The van der Waals surface area contributed by atoms with Crippen molar-refractivity contribution >= 4 is 21.8 Å². The van der Waals surface area contributed by atoms with Gasteiger partial charge in [0.15, 0.2) is 5.43 Å². The Bertz CT molecular complexity index is 931. The third kappa shape index (κ3) is 1.40. The molecule has 3 nitrogen and oxygen atoms in total. The Morgan fingerprint density at radius 1 is 1.05 bits per heavy atom. The molecule has 0 aliphatic carbocycles. The van der Waals surface area contributed by atoms with E-state index in [-0.39, 0.29) is 10.8 Å². The normalized spacial score (nSPS) is 13.7. The Hall–Kier alpha value is -2.43. The van der Waals surface area contributed by atoms with Gasteiger partial charge in [-0.05, 0) is 24.3 Å². The third-order valence-corrected chi connectivity index (χ3v) is 3.62. The molecule has 0 saturated heterocycles. The van der Waals surface area contributed by atoms with Gasteiger partial charge in [0.25, 0.3) is 0 Å². The molecule has 0 fully saturated rings. The fraction of sp³-hybridized carbons (Fsp3) is 0.133. The summed E-state index contributed by atoms with van der Waals surface area (Å²) in [4.78, 5) is 12.4. The number of hydrogen-bond donors (Lipinski definition) is 0. The van der Waals surface area contributed by atoms with Crippen LogP contribution in [0, 0.1) is 11.6 Å². The van der Waals surface area contributed by atoms with Crippen molar-refractivity contribution in [2.75, 3.05) is 6.61 Å². The van der Waals surface area contributed by atoms with Crippen molar-refractivity contribution in [1.82, 2.24) is 4.57 Å². The molecule has 1 aromatic heterocycles. The molecule has 5 heteroatoms. The number of nitrogens with zero attached hydrogens (tertiary/aromatic N) is 1. The Morgan fingerprint density at radius 3 is 2.75 bits per heavy atom. The minimum atomic E-state index is -0.514. The van der Waals surface area contributed by atoms with E-state index in [0.29, 0.717) is 35.3 Å². The first-order valence-electron chi connectivity index (χ1n) is 6.23. The molecule has 0 spiro atoms. The predicted octanol–water partition coefficient (Wildman–Crippen LogP) is 2.83. The first kappa shape index (κ1) is 11.4. The highest BCUT2D eigenvalue weighted by molar-refractivity contribution is 5.96. The minimum absolute atomic E-state index is 0.263. The van der Waals surface area contributed by atoms with Crippen LogP contribution in [0.2, 0.25) is 0 Å². The van der Waals surface area contributed by atoms with Gasteiger partial charge in [-0.1, -0.05) is 0 Å². The summed E-state index contributed by atoms with van der Waals surface area (Å²) in [5.74, 6) is -0.593. The minimum Gasteiger partial charge on any atom is -0.489 e. The molecule has 0 N–H and O–H groups in total. The molecule has 100 valence electrons. The van der Waals surface area contributed by atoms with Crippen molar-refractivity contribution in [2.45, 2.75) is 6.54 Å². The van der Waals surface area contributed by atoms with Crippen LogP contribution in [0.15, 0.2) is 35.1 Å². The number of fused-ring (bicyclic) bond motifs is 2. The van der Waals surface area contributed by atoms with Crippen molar-refractivity contribution in [3.05, 3.63) is 52.2 Å². The second-order valence-electron chi connectivity index (χ2n) is 4.79. The lowest BCUT2D eigenvalue weighted by Gasteiger charge is -2.22. The maximum Gasteiger partial charge on any atom is 0.197 e. The molecule has 2 aromatic carbocycles. The number of rotatable bonds is 0. The van der Waals surface area contributed by atoms with Crippen LogP contribution < -0.4 is 10.2 Å². The molecular formula is C15H9F2NO2. The fourth-order valence-corrected chi connectivity index (χ4v) is 2.80. The zero-order valence-electron chi connectivity index (χ0n) is 10.3. The van der Waals surface area contributed by atoms with Gasteiger partial charge < -0.3 is 9.30 Å². The topological polar surface area (TPSA) is 31.2 Å². The van der Waals surface area contributed by atoms with Gasteiger partial charge in [-0.25, -0.2) is 8.78 Å². The van der Waals surface area contributed by atoms with Crippen LogP contribution in [-0.2, 0) is 6.54 Å². The Balaban J connectivity index is 2.35. The summed E-state index contributed by atoms with van der Waals surface area (Å²) in [7, 11) is 0. The molecule has 1 aliphatic heterocycles. The van der Waals surface area contributed by atoms with Crippen LogP contribution in [0.25, 0.3) is 21.8 Å². The van der Waals surface area contributed by atoms with Crippen molar-refractivity contribution in [3.63, 3.8) is 0 Å². The van der Waals surface area contributed by atoms with Crippen LogP contribution in [0.4, 0.5) is 8.78 Å². The van der Waals surface area contributed by atoms with Gasteiger partial charge in [-0.3, -0.25) is 4.79 Å².